The van der Waals surface area contributed by atoms with E-state index in [1.165, 1.54) is 0 Å². The van der Waals surface area contributed by atoms with Gasteiger partial charge in [-0.1, -0.05) is 72.8 Å². The van der Waals surface area contributed by atoms with E-state index >= 15 is 0 Å². The summed E-state index contributed by atoms with van der Waals surface area (Å²) in [6.45, 7) is 0. The fourth-order valence-electron chi connectivity index (χ4n) is 3.62. The predicted octanol–water partition coefficient (Wildman–Crippen LogP) is 2.31. The zero-order valence-corrected chi connectivity index (χ0v) is 15.3. The highest BCUT2D eigenvalue weighted by Gasteiger charge is 2.41. The molecule has 2 unspecified atom stereocenters. The van der Waals surface area contributed by atoms with Crippen molar-refractivity contribution in [2.75, 3.05) is 5.32 Å². The molecule has 0 saturated carbocycles. The van der Waals surface area contributed by atoms with Crippen molar-refractivity contribution >= 4 is 23.5 Å². The van der Waals surface area contributed by atoms with Gasteiger partial charge in [0, 0.05) is 0 Å². The van der Waals surface area contributed by atoms with Gasteiger partial charge in [-0.15, -0.1) is 0 Å². The van der Waals surface area contributed by atoms with Gasteiger partial charge in [-0.2, -0.15) is 0 Å². The summed E-state index contributed by atoms with van der Waals surface area (Å²) in [5.41, 5.74) is 1.43. The average molecular weight is 385 g/mol. The van der Waals surface area contributed by atoms with E-state index in [2.05, 4.69) is 5.32 Å². The van der Waals surface area contributed by atoms with Crippen molar-refractivity contribution < 1.29 is 19.5 Å². The molecular weight excluding hydrogens is 368 g/mol. The molecule has 1 heterocycles. The summed E-state index contributed by atoms with van der Waals surface area (Å²) in [5.74, 6) is -2.51. The molecule has 1 aliphatic heterocycles. The van der Waals surface area contributed by atoms with E-state index in [1.54, 1.807) is 84.9 Å². The number of amides is 2. The number of benzene rings is 3. The highest BCUT2D eigenvalue weighted by molar-refractivity contribution is 6.11. The summed E-state index contributed by atoms with van der Waals surface area (Å²) in [4.78, 5) is 40.0. The summed E-state index contributed by atoms with van der Waals surface area (Å²) < 4.78 is 0. The monoisotopic (exact) mass is 385 g/mol. The second kappa shape index (κ2) is 7.59. The Balaban J connectivity index is 1.95. The molecule has 1 aliphatic rings. The maximum absolute atomic E-state index is 13.5. The molecule has 2 atom stereocenters. The molecule has 6 nitrogen and oxygen atoms in total. The molecule has 0 radical (unpaired) electrons. The minimum Gasteiger partial charge on any atom is -0.548 e. The molecule has 6 heteroatoms. The number of rotatable bonds is 4. The van der Waals surface area contributed by atoms with Crippen molar-refractivity contribution in [3.05, 3.63) is 102 Å². The van der Waals surface area contributed by atoms with Gasteiger partial charge in [0.1, 0.15) is 6.04 Å². The van der Waals surface area contributed by atoms with Crippen molar-refractivity contribution in [2.24, 2.45) is 0 Å². The number of carboxylic acid groups (broad SMARTS) is 1. The maximum Gasteiger partial charge on any atom is 0.257 e. The summed E-state index contributed by atoms with van der Waals surface area (Å²) in [6, 6.07) is 20.9. The van der Waals surface area contributed by atoms with Gasteiger partial charge in [0.05, 0.1) is 23.3 Å². The van der Waals surface area contributed by atoms with Gasteiger partial charge in [0.2, 0.25) is 0 Å². The number of hydrogen-bond donors (Lipinski definition) is 1. The number of carboxylic acids is 1. The molecule has 0 spiro atoms. The van der Waals surface area contributed by atoms with E-state index in [-0.39, 0.29) is 5.56 Å². The van der Waals surface area contributed by atoms with Crippen LogP contribution in [-0.4, -0.2) is 22.7 Å². The molecule has 0 saturated heterocycles. The maximum atomic E-state index is 13.5. The van der Waals surface area contributed by atoms with Crippen LogP contribution in [0.15, 0.2) is 84.9 Å². The van der Waals surface area contributed by atoms with Crippen molar-refractivity contribution in [1.29, 1.82) is 0 Å². The van der Waals surface area contributed by atoms with E-state index in [9.17, 15) is 19.5 Å². The number of hydrogen-bond acceptors (Lipinski definition) is 4. The van der Waals surface area contributed by atoms with Crippen LogP contribution < -0.4 is 10.4 Å². The third kappa shape index (κ3) is 3.36. The van der Waals surface area contributed by atoms with Gasteiger partial charge in [-0.05, 0) is 23.3 Å². The minimum atomic E-state index is -1.46. The lowest BCUT2D eigenvalue weighted by molar-refractivity contribution is -0.311. The van der Waals surface area contributed by atoms with Crippen LogP contribution >= 0.6 is 0 Å². The molecule has 0 aromatic heterocycles. The second-order valence-electron chi connectivity index (χ2n) is 6.69. The Morgan fingerprint density at radius 3 is 2.10 bits per heavy atom. The fourth-order valence-corrected chi connectivity index (χ4v) is 3.62. The van der Waals surface area contributed by atoms with Gasteiger partial charge in [0.15, 0.2) is 0 Å². The second-order valence-corrected chi connectivity index (χ2v) is 6.69. The number of fused-ring (bicyclic) bond motifs is 1. The highest BCUT2D eigenvalue weighted by Crippen LogP contribution is 2.37. The number of carbonyl (C=O) groups excluding carboxylic acids is 3. The number of anilines is 1. The lowest BCUT2D eigenvalue weighted by Gasteiger charge is -2.37. The number of para-hydroxylation sites is 1. The van der Waals surface area contributed by atoms with Crippen molar-refractivity contribution in [3.63, 3.8) is 0 Å². The number of carbonyl (C=O) groups is 3. The first kappa shape index (κ1) is 18.4. The first-order valence-electron chi connectivity index (χ1n) is 9.11. The Labute approximate surface area is 167 Å². The molecular formula is C23H17N2O4-. The molecule has 3 aromatic carbocycles. The SMILES string of the molecule is O=C([O-])C(c1ccccc1)N1C(=O)c2ccccc2NC(=O)C1c1ccccc1. The quantitative estimate of drug-likeness (QED) is 0.746. The Hall–Kier alpha value is -3.93. The van der Waals surface area contributed by atoms with Crippen molar-refractivity contribution in [1.82, 2.24) is 4.90 Å². The van der Waals surface area contributed by atoms with Crippen LogP contribution in [0.2, 0.25) is 0 Å². The molecule has 144 valence electrons. The molecule has 29 heavy (non-hydrogen) atoms. The number of aliphatic carboxylic acids is 1. The Morgan fingerprint density at radius 1 is 0.862 bits per heavy atom. The predicted molar refractivity (Wildman–Crippen MR) is 105 cm³/mol. The fraction of sp³-hybridized carbons (Fsp3) is 0.0870. The normalized spacial score (nSPS) is 17.1. The molecule has 0 aliphatic carbocycles. The summed E-state index contributed by atoms with van der Waals surface area (Å²) in [5, 5.41) is 15.0. The minimum absolute atomic E-state index is 0.224. The van der Waals surface area contributed by atoms with E-state index < -0.39 is 29.9 Å². The zero-order chi connectivity index (χ0) is 20.4. The summed E-state index contributed by atoms with van der Waals surface area (Å²) in [7, 11) is 0. The van der Waals surface area contributed by atoms with Crippen molar-refractivity contribution in [2.45, 2.75) is 12.1 Å². The van der Waals surface area contributed by atoms with Crippen molar-refractivity contribution in [3.8, 4) is 0 Å². The zero-order valence-electron chi connectivity index (χ0n) is 15.3. The van der Waals surface area contributed by atoms with Crippen LogP contribution in [0.5, 0.6) is 0 Å². The summed E-state index contributed by atoms with van der Waals surface area (Å²) in [6.07, 6.45) is 0. The van der Waals surface area contributed by atoms with Gasteiger partial charge in [-0.25, -0.2) is 0 Å². The van der Waals surface area contributed by atoms with Crippen LogP contribution in [-0.2, 0) is 9.59 Å². The van der Waals surface area contributed by atoms with Crippen LogP contribution in [0, 0.1) is 0 Å². The molecule has 3 aromatic rings. The van der Waals surface area contributed by atoms with E-state index in [4.69, 9.17) is 0 Å². The van der Waals surface area contributed by atoms with E-state index in [1.807, 2.05) is 0 Å². The third-order valence-electron chi connectivity index (χ3n) is 4.91. The topological polar surface area (TPSA) is 89.5 Å². The van der Waals surface area contributed by atoms with Gasteiger partial charge >= 0.3 is 0 Å². The number of nitrogens with zero attached hydrogens (tertiary/aromatic N) is 1. The standard InChI is InChI=1S/C23H18N2O4/c26-21-19(15-9-3-1-4-10-15)25(20(23(28)29)16-11-5-2-6-12-16)22(27)17-13-7-8-14-18(17)24-21/h1-14,19-20H,(H,24,26)(H,28,29)/p-1. The average Bonchev–Trinajstić information content (AvgIpc) is 2.84. The highest BCUT2D eigenvalue weighted by atomic mass is 16.4. The molecule has 0 bridgehead atoms. The molecule has 0 fully saturated rings. The smallest absolute Gasteiger partial charge is 0.257 e. The van der Waals surface area contributed by atoms with E-state index in [0.717, 1.165) is 4.90 Å². The van der Waals surface area contributed by atoms with Crippen LogP contribution in [0.3, 0.4) is 0 Å². The molecule has 1 N–H and O–H groups in total. The first-order chi connectivity index (χ1) is 14.1. The Morgan fingerprint density at radius 2 is 1.45 bits per heavy atom. The van der Waals surface area contributed by atoms with Crippen LogP contribution in [0.4, 0.5) is 5.69 Å². The van der Waals surface area contributed by atoms with Crippen LogP contribution in [0.25, 0.3) is 0 Å². The van der Waals surface area contributed by atoms with Gasteiger partial charge in [0.25, 0.3) is 11.8 Å². The first-order valence-corrected chi connectivity index (χ1v) is 9.11. The molecule has 4 rings (SSSR count). The van der Waals surface area contributed by atoms with Gasteiger partial charge in [-0.3, -0.25) is 9.59 Å². The van der Waals surface area contributed by atoms with E-state index in [0.29, 0.717) is 16.8 Å². The Kier molecular flexibility index (Phi) is 4.83. The third-order valence-corrected chi connectivity index (χ3v) is 4.91. The summed E-state index contributed by atoms with van der Waals surface area (Å²) >= 11 is 0. The number of nitrogens with one attached hydrogen (secondary N) is 1. The Bertz CT molecular complexity index is 1070. The van der Waals surface area contributed by atoms with Crippen LogP contribution in [0.1, 0.15) is 33.6 Å². The van der Waals surface area contributed by atoms with Gasteiger partial charge < -0.3 is 20.1 Å². The lowest BCUT2D eigenvalue weighted by Crippen LogP contribution is -2.48. The largest absolute Gasteiger partial charge is 0.548 e. The molecule has 2 amide bonds. The lowest BCUT2D eigenvalue weighted by atomic mass is 9.98.